The van der Waals surface area contributed by atoms with Gasteiger partial charge in [-0.15, -0.1) is 12.4 Å². The lowest BCUT2D eigenvalue weighted by atomic mass is 9.93. The van der Waals surface area contributed by atoms with Crippen LogP contribution in [0.3, 0.4) is 0 Å². The van der Waals surface area contributed by atoms with Gasteiger partial charge in [0, 0.05) is 19.5 Å². The Bertz CT molecular complexity index is 629. The molecule has 1 aromatic carbocycles. The average molecular weight is 390 g/mol. The molecule has 6 nitrogen and oxygen atoms in total. The van der Waals surface area contributed by atoms with E-state index in [-0.39, 0.29) is 29.8 Å². The summed E-state index contributed by atoms with van der Waals surface area (Å²) in [6.07, 6.45) is 3.67. The van der Waals surface area contributed by atoms with Gasteiger partial charge in [0.2, 0.25) is 15.9 Å². The maximum absolute atomic E-state index is 12.1. The third kappa shape index (κ3) is 7.73. The minimum atomic E-state index is -3.51. The van der Waals surface area contributed by atoms with E-state index in [0.717, 1.165) is 37.9 Å². The van der Waals surface area contributed by atoms with Crippen molar-refractivity contribution in [2.45, 2.75) is 37.5 Å². The molecule has 0 unspecified atom stereocenters. The highest BCUT2D eigenvalue weighted by Crippen LogP contribution is 2.17. The van der Waals surface area contributed by atoms with Crippen molar-refractivity contribution in [2.24, 2.45) is 5.92 Å². The predicted molar refractivity (Wildman–Crippen MR) is 101 cm³/mol. The van der Waals surface area contributed by atoms with Crippen molar-refractivity contribution >= 4 is 28.3 Å². The highest BCUT2D eigenvalue weighted by Gasteiger charge is 2.15. The normalized spacial score (nSPS) is 15.4. The van der Waals surface area contributed by atoms with E-state index in [1.54, 1.807) is 24.3 Å². The molecular weight excluding hydrogens is 362 g/mol. The van der Waals surface area contributed by atoms with Crippen LogP contribution < -0.4 is 15.4 Å². The molecule has 0 atom stereocenters. The minimum Gasteiger partial charge on any atom is -0.355 e. The van der Waals surface area contributed by atoms with Crippen molar-refractivity contribution in [1.82, 2.24) is 15.4 Å². The van der Waals surface area contributed by atoms with Gasteiger partial charge in [-0.1, -0.05) is 17.7 Å². The summed E-state index contributed by atoms with van der Waals surface area (Å²) in [5, 5.41) is 6.08. The van der Waals surface area contributed by atoms with Gasteiger partial charge in [-0.25, -0.2) is 13.1 Å². The highest BCUT2D eigenvalue weighted by atomic mass is 35.5. The number of amides is 1. The summed E-state index contributed by atoms with van der Waals surface area (Å²) in [4.78, 5) is 12.1. The fourth-order valence-electron chi connectivity index (χ4n) is 2.78. The van der Waals surface area contributed by atoms with E-state index in [2.05, 4.69) is 15.4 Å². The van der Waals surface area contributed by atoms with Crippen LogP contribution >= 0.6 is 12.4 Å². The van der Waals surface area contributed by atoms with Crippen LogP contribution in [0.2, 0.25) is 0 Å². The van der Waals surface area contributed by atoms with E-state index in [0.29, 0.717) is 18.9 Å². The standard InChI is InChI=1S/C17H27N3O3S.ClH/c1-14-2-5-16(6-3-14)24(22,23)20-13-12-19-17(21)7-4-15-8-10-18-11-9-15;/h2-3,5-6,15,18,20H,4,7-13H2,1H3,(H,19,21);1H. The maximum Gasteiger partial charge on any atom is 0.240 e. The molecular formula is C17H28ClN3O3S. The Kier molecular flexibility index (Phi) is 9.42. The fraction of sp³-hybridized carbons (Fsp3) is 0.588. The number of aryl methyl sites for hydroxylation is 1. The summed E-state index contributed by atoms with van der Waals surface area (Å²) in [7, 11) is -3.51. The van der Waals surface area contributed by atoms with Gasteiger partial charge in [-0.2, -0.15) is 0 Å². The van der Waals surface area contributed by atoms with Gasteiger partial charge >= 0.3 is 0 Å². The molecule has 1 aromatic rings. The molecule has 1 aliphatic heterocycles. The monoisotopic (exact) mass is 389 g/mol. The first kappa shape index (κ1) is 21.9. The SMILES string of the molecule is Cc1ccc(S(=O)(=O)NCCNC(=O)CCC2CCNCC2)cc1.Cl. The van der Waals surface area contributed by atoms with Crippen LogP contribution in [-0.4, -0.2) is 40.5 Å². The molecule has 2 rings (SSSR count). The number of nitrogens with one attached hydrogen (secondary N) is 3. The van der Waals surface area contributed by atoms with E-state index in [4.69, 9.17) is 0 Å². The number of hydrogen-bond donors (Lipinski definition) is 3. The number of benzene rings is 1. The van der Waals surface area contributed by atoms with Gasteiger partial charge in [0.1, 0.15) is 0 Å². The molecule has 3 N–H and O–H groups in total. The Balaban J connectivity index is 0.00000312. The lowest BCUT2D eigenvalue weighted by molar-refractivity contribution is -0.121. The third-order valence-corrected chi connectivity index (χ3v) is 5.79. The smallest absolute Gasteiger partial charge is 0.240 e. The molecule has 1 saturated heterocycles. The second-order valence-electron chi connectivity index (χ2n) is 6.29. The first-order valence-corrected chi connectivity index (χ1v) is 9.99. The Labute approximate surface area is 156 Å². The molecule has 142 valence electrons. The summed E-state index contributed by atoms with van der Waals surface area (Å²) >= 11 is 0. The van der Waals surface area contributed by atoms with Crippen LogP contribution in [0.5, 0.6) is 0 Å². The van der Waals surface area contributed by atoms with E-state index in [9.17, 15) is 13.2 Å². The van der Waals surface area contributed by atoms with Crippen LogP contribution in [0.15, 0.2) is 29.2 Å². The average Bonchev–Trinajstić information content (AvgIpc) is 2.58. The Morgan fingerprint density at radius 2 is 1.80 bits per heavy atom. The van der Waals surface area contributed by atoms with Crippen LogP contribution in [0.1, 0.15) is 31.2 Å². The van der Waals surface area contributed by atoms with Gasteiger partial charge in [0.25, 0.3) is 0 Å². The van der Waals surface area contributed by atoms with Crippen molar-refractivity contribution in [3.05, 3.63) is 29.8 Å². The van der Waals surface area contributed by atoms with Crippen LogP contribution in [-0.2, 0) is 14.8 Å². The Morgan fingerprint density at radius 3 is 2.44 bits per heavy atom. The summed E-state index contributed by atoms with van der Waals surface area (Å²) in [6.45, 7) is 4.47. The van der Waals surface area contributed by atoms with E-state index >= 15 is 0 Å². The second kappa shape index (κ2) is 10.8. The number of sulfonamides is 1. The van der Waals surface area contributed by atoms with Crippen molar-refractivity contribution < 1.29 is 13.2 Å². The van der Waals surface area contributed by atoms with Gasteiger partial charge in [0.15, 0.2) is 0 Å². The van der Waals surface area contributed by atoms with Crippen LogP contribution in [0.4, 0.5) is 0 Å². The van der Waals surface area contributed by atoms with Gasteiger partial charge in [-0.05, 0) is 57.3 Å². The molecule has 1 heterocycles. The first-order chi connectivity index (χ1) is 11.5. The third-order valence-electron chi connectivity index (χ3n) is 4.31. The molecule has 0 aromatic heterocycles. The molecule has 0 spiro atoms. The topological polar surface area (TPSA) is 87.3 Å². The largest absolute Gasteiger partial charge is 0.355 e. The molecule has 1 amide bonds. The van der Waals surface area contributed by atoms with Gasteiger partial charge in [-0.3, -0.25) is 4.79 Å². The van der Waals surface area contributed by atoms with Crippen LogP contribution in [0, 0.1) is 12.8 Å². The van der Waals surface area contributed by atoms with Gasteiger partial charge < -0.3 is 10.6 Å². The van der Waals surface area contributed by atoms with Crippen molar-refractivity contribution in [3.8, 4) is 0 Å². The zero-order valence-electron chi connectivity index (χ0n) is 14.6. The zero-order valence-corrected chi connectivity index (χ0v) is 16.2. The number of carbonyl (C=O) groups is 1. The maximum atomic E-state index is 12.1. The quantitative estimate of drug-likeness (QED) is 0.589. The minimum absolute atomic E-state index is 0. The number of halogens is 1. The molecule has 0 radical (unpaired) electrons. The number of rotatable bonds is 8. The summed E-state index contributed by atoms with van der Waals surface area (Å²) < 4.78 is 26.7. The molecule has 0 saturated carbocycles. The lowest BCUT2D eigenvalue weighted by Crippen LogP contribution is -2.35. The Hall–Kier alpha value is -1.15. The molecule has 0 bridgehead atoms. The Morgan fingerprint density at radius 1 is 1.16 bits per heavy atom. The first-order valence-electron chi connectivity index (χ1n) is 8.51. The lowest BCUT2D eigenvalue weighted by Gasteiger charge is -2.22. The second-order valence-corrected chi connectivity index (χ2v) is 8.06. The summed E-state index contributed by atoms with van der Waals surface area (Å²) in [5.74, 6) is 0.611. The summed E-state index contributed by atoms with van der Waals surface area (Å²) in [6, 6.07) is 6.68. The highest BCUT2D eigenvalue weighted by molar-refractivity contribution is 7.89. The molecule has 25 heavy (non-hydrogen) atoms. The van der Waals surface area contributed by atoms with E-state index in [1.165, 1.54) is 0 Å². The van der Waals surface area contributed by atoms with Gasteiger partial charge in [0.05, 0.1) is 4.90 Å². The summed E-state index contributed by atoms with van der Waals surface area (Å²) in [5.41, 5.74) is 1.01. The van der Waals surface area contributed by atoms with E-state index < -0.39 is 10.0 Å². The predicted octanol–water partition coefficient (Wildman–Crippen LogP) is 1.59. The van der Waals surface area contributed by atoms with Crippen molar-refractivity contribution in [3.63, 3.8) is 0 Å². The fourth-order valence-corrected chi connectivity index (χ4v) is 3.81. The zero-order chi connectivity index (χ0) is 17.4. The van der Waals surface area contributed by atoms with Crippen molar-refractivity contribution in [1.29, 1.82) is 0 Å². The molecule has 8 heteroatoms. The molecule has 1 fully saturated rings. The van der Waals surface area contributed by atoms with Crippen molar-refractivity contribution in [2.75, 3.05) is 26.2 Å². The molecule has 0 aliphatic carbocycles. The number of carbonyl (C=O) groups excluding carboxylic acids is 1. The number of piperidine rings is 1. The molecule has 1 aliphatic rings. The van der Waals surface area contributed by atoms with Crippen LogP contribution in [0.25, 0.3) is 0 Å². The van der Waals surface area contributed by atoms with E-state index in [1.807, 2.05) is 6.92 Å². The number of hydrogen-bond acceptors (Lipinski definition) is 4.